The Balaban J connectivity index is 1.52. The minimum atomic E-state index is -0.251. The molecule has 140 valence electrons. The SMILES string of the molecule is CCOc1ccccc1N1CC(C(=O)N2C3CCNCC2CC3)CC1=O. The van der Waals surface area contributed by atoms with Gasteiger partial charge in [0.25, 0.3) is 0 Å². The molecule has 0 saturated carbocycles. The number of rotatable bonds is 4. The van der Waals surface area contributed by atoms with Crippen molar-refractivity contribution in [1.82, 2.24) is 10.2 Å². The molecular formula is C20H27N3O3. The smallest absolute Gasteiger partial charge is 0.228 e. The second kappa shape index (κ2) is 7.27. The Morgan fingerprint density at radius 3 is 2.88 bits per heavy atom. The summed E-state index contributed by atoms with van der Waals surface area (Å²) in [5, 5.41) is 3.43. The number of ether oxygens (including phenoxy) is 1. The molecule has 0 radical (unpaired) electrons. The predicted molar refractivity (Wildman–Crippen MR) is 99.2 cm³/mol. The number of carbonyl (C=O) groups is 2. The highest BCUT2D eigenvalue weighted by atomic mass is 16.5. The maximum absolute atomic E-state index is 13.2. The molecule has 3 heterocycles. The van der Waals surface area contributed by atoms with E-state index in [4.69, 9.17) is 4.74 Å². The number of para-hydroxylation sites is 2. The number of fused-ring (bicyclic) bond motifs is 2. The summed E-state index contributed by atoms with van der Waals surface area (Å²) in [6.45, 7) is 4.77. The van der Waals surface area contributed by atoms with Crippen LogP contribution in [0.3, 0.4) is 0 Å². The number of nitrogens with zero attached hydrogens (tertiary/aromatic N) is 2. The standard InChI is InChI=1S/C20H27N3O3/c1-2-26-18-6-4-3-5-17(18)22-13-14(11-19(22)24)20(25)23-15-7-8-16(23)12-21-10-9-15/h3-6,14-16,21H,2,7-13H2,1H3. The van der Waals surface area contributed by atoms with Crippen LogP contribution in [0.5, 0.6) is 5.75 Å². The van der Waals surface area contributed by atoms with Crippen LogP contribution in [-0.4, -0.2) is 55.0 Å². The molecule has 3 atom stereocenters. The maximum atomic E-state index is 13.2. The van der Waals surface area contributed by atoms with E-state index in [1.807, 2.05) is 31.2 Å². The van der Waals surface area contributed by atoms with Gasteiger partial charge in [0.1, 0.15) is 5.75 Å². The van der Waals surface area contributed by atoms with Crippen LogP contribution < -0.4 is 15.0 Å². The highest BCUT2D eigenvalue weighted by molar-refractivity contribution is 6.01. The fourth-order valence-electron chi connectivity index (χ4n) is 4.62. The Bertz CT molecular complexity index is 679. The van der Waals surface area contributed by atoms with Crippen molar-refractivity contribution in [3.8, 4) is 5.75 Å². The minimum absolute atomic E-state index is 0.01000. The first-order chi connectivity index (χ1) is 12.7. The van der Waals surface area contributed by atoms with E-state index in [1.54, 1.807) is 4.90 Å². The summed E-state index contributed by atoms with van der Waals surface area (Å²) in [6.07, 6.45) is 3.47. The van der Waals surface area contributed by atoms with Gasteiger partial charge in [-0.05, 0) is 44.9 Å². The van der Waals surface area contributed by atoms with Gasteiger partial charge in [0.05, 0.1) is 18.2 Å². The molecule has 2 bridgehead atoms. The lowest BCUT2D eigenvalue weighted by molar-refractivity contribution is -0.138. The topological polar surface area (TPSA) is 61.9 Å². The Morgan fingerprint density at radius 1 is 1.23 bits per heavy atom. The molecule has 3 aliphatic rings. The summed E-state index contributed by atoms with van der Waals surface area (Å²) in [5.41, 5.74) is 0.773. The normalized spacial score (nSPS) is 28.3. The molecule has 1 aromatic carbocycles. The van der Waals surface area contributed by atoms with Crippen molar-refractivity contribution in [3.05, 3.63) is 24.3 Å². The Morgan fingerprint density at radius 2 is 2.04 bits per heavy atom. The molecule has 0 aliphatic carbocycles. The highest BCUT2D eigenvalue weighted by Crippen LogP contribution is 2.36. The van der Waals surface area contributed by atoms with E-state index >= 15 is 0 Å². The third-order valence-corrected chi connectivity index (χ3v) is 5.84. The predicted octanol–water partition coefficient (Wildman–Crippen LogP) is 1.79. The zero-order valence-corrected chi connectivity index (χ0v) is 15.3. The van der Waals surface area contributed by atoms with E-state index in [1.165, 1.54) is 0 Å². The van der Waals surface area contributed by atoms with E-state index in [2.05, 4.69) is 10.2 Å². The van der Waals surface area contributed by atoms with Crippen LogP contribution in [0.4, 0.5) is 5.69 Å². The van der Waals surface area contributed by atoms with Crippen LogP contribution in [0.2, 0.25) is 0 Å². The Kier molecular flexibility index (Phi) is 4.85. The Hall–Kier alpha value is -2.08. The quantitative estimate of drug-likeness (QED) is 0.892. The molecule has 26 heavy (non-hydrogen) atoms. The molecule has 1 aromatic rings. The van der Waals surface area contributed by atoms with Crippen LogP contribution in [-0.2, 0) is 9.59 Å². The zero-order chi connectivity index (χ0) is 18.1. The average Bonchev–Trinajstić information content (AvgIpc) is 3.14. The number of hydrogen-bond donors (Lipinski definition) is 1. The number of carbonyl (C=O) groups excluding carboxylic acids is 2. The first kappa shape index (κ1) is 17.3. The molecule has 3 fully saturated rings. The second-order valence-corrected chi connectivity index (χ2v) is 7.43. The van der Waals surface area contributed by atoms with E-state index in [0.29, 0.717) is 31.4 Å². The summed E-state index contributed by atoms with van der Waals surface area (Å²) < 4.78 is 5.67. The van der Waals surface area contributed by atoms with Gasteiger partial charge in [-0.2, -0.15) is 0 Å². The molecule has 2 amide bonds. The molecule has 3 saturated heterocycles. The summed E-state index contributed by atoms with van der Waals surface area (Å²) in [6, 6.07) is 8.20. The van der Waals surface area contributed by atoms with Crippen molar-refractivity contribution >= 4 is 17.5 Å². The van der Waals surface area contributed by atoms with E-state index in [0.717, 1.165) is 38.0 Å². The second-order valence-electron chi connectivity index (χ2n) is 7.43. The first-order valence-electron chi connectivity index (χ1n) is 9.74. The van der Waals surface area contributed by atoms with Crippen LogP contribution in [0.15, 0.2) is 24.3 Å². The van der Waals surface area contributed by atoms with Crippen molar-refractivity contribution in [2.24, 2.45) is 5.92 Å². The van der Waals surface area contributed by atoms with Crippen molar-refractivity contribution in [1.29, 1.82) is 0 Å². The number of amides is 2. The minimum Gasteiger partial charge on any atom is -0.492 e. The van der Waals surface area contributed by atoms with Crippen LogP contribution in [0, 0.1) is 5.92 Å². The molecule has 3 unspecified atom stereocenters. The third kappa shape index (κ3) is 3.07. The zero-order valence-electron chi connectivity index (χ0n) is 15.3. The molecule has 1 N–H and O–H groups in total. The van der Waals surface area contributed by atoms with Gasteiger partial charge in [0.15, 0.2) is 0 Å². The van der Waals surface area contributed by atoms with E-state index in [9.17, 15) is 9.59 Å². The number of benzene rings is 1. The molecule has 6 heteroatoms. The Labute approximate surface area is 154 Å². The van der Waals surface area contributed by atoms with Gasteiger partial charge in [-0.15, -0.1) is 0 Å². The van der Waals surface area contributed by atoms with Crippen molar-refractivity contribution in [2.75, 3.05) is 31.1 Å². The molecule has 4 rings (SSSR count). The average molecular weight is 357 g/mol. The number of anilines is 1. The summed E-state index contributed by atoms with van der Waals surface area (Å²) in [7, 11) is 0. The molecule has 3 aliphatic heterocycles. The lowest BCUT2D eigenvalue weighted by Gasteiger charge is -2.30. The van der Waals surface area contributed by atoms with E-state index < -0.39 is 0 Å². The van der Waals surface area contributed by atoms with Gasteiger partial charge in [-0.25, -0.2) is 0 Å². The van der Waals surface area contributed by atoms with Crippen LogP contribution in [0.25, 0.3) is 0 Å². The number of nitrogens with one attached hydrogen (secondary N) is 1. The first-order valence-corrected chi connectivity index (χ1v) is 9.74. The van der Waals surface area contributed by atoms with Gasteiger partial charge in [-0.3, -0.25) is 9.59 Å². The molecule has 6 nitrogen and oxygen atoms in total. The van der Waals surface area contributed by atoms with Gasteiger partial charge in [-0.1, -0.05) is 12.1 Å². The van der Waals surface area contributed by atoms with E-state index in [-0.39, 0.29) is 23.8 Å². The van der Waals surface area contributed by atoms with Gasteiger partial charge in [0, 0.05) is 31.6 Å². The fourth-order valence-corrected chi connectivity index (χ4v) is 4.62. The number of hydrogen-bond acceptors (Lipinski definition) is 4. The summed E-state index contributed by atoms with van der Waals surface area (Å²) in [4.78, 5) is 29.7. The maximum Gasteiger partial charge on any atom is 0.228 e. The fraction of sp³-hybridized carbons (Fsp3) is 0.600. The van der Waals surface area contributed by atoms with Crippen molar-refractivity contribution in [2.45, 2.75) is 44.7 Å². The van der Waals surface area contributed by atoms with Crippen molar-refractivity contribution < 1.29 is 14.3 Å². The summed E-state index contributed by atoms with van der Waals surface area (Å²) in [5.74, 6) is 0.621. The molecular weight excluding hydrogens is 330 g/mol. The molecule has 0 spiro atoms. The van der Waals surface area contributed by atoms with Crippen LogP contribution >= 0.6 is 0 Å². The van der Waals surface area contributed by atoms with Gasteiger partial charge >= 0.3 is 0 Å². The summed E-state index contributed by atoms with van der Waals surface area (Å²) >= 11 is 0. The molecule has 0 aromatic heterocycles. The lowest BCUT2D eigenvalue weighted by atomic mass is 10.1. The highest BCUT2D eigenvalue weighted by Gasteiger charge is 2.44. The van der Waals surface area contributed by atoms with Gasteiger partial charge in [0.2, 0.25) is 11.8 Å². The largest absolute Gasteiger partial charge is 0.492 e. The monoisotopic (exact) mass is 357 g/mol. The van der Waals surface area contributed by atoms with Crippen LogP contribution in [0.1, 0.15) is 32.6 Å². The van der Waals surface area contributed by atoms with Crippen molar-refractivity contribution in [3.63, 3.8) is 0 Å². The van der Waals surface area contributed by atoms with Gasteiger partial charge < -0.3 is 19.9 Å². The lowest BCUT2D eigenvalue weighted by Crippen LogP contribution is -2.46. The third-order valence-electron chi connectivity index (χ3n) is 5.84.